The maximum absolute atomic E-state index is 5.76. The van der Waals surface area contributed by atoms with Crippen LogP contribution < -0.4 is 11.1 Å². The van der Waals surface area contributed by atoms with Gasteiger partial charge in [-0.15, -0.1) is 0 Å². The van der Waals surface area contributed by atoms with E-state index in [0.717, 1.165) is 22.3 Å². The van der Waals surface area contributed by atoms with E-state index in [-0.39, 0.29) is 0 Å². The number of thiocarbonyl (C=S) groups is 1. The number of anilines is 1. The van der Waals surface area contributed by atoms with Gasteiger partial charge in [-0.3, -0.25) is 0 Å². The van der Waals surface area contributed by atoms with E-state index in [1.165, 1.54) is 11.1 Å². The Morgan fingerprint density at radius 2 is 1.86 bits per heavy atom. The van der Waals surface area contributed by atoms with E-state index in [0.29, 0.717) is 10.9 Å². The molecule has 4 heteroatoms. The first-order valence-corrected chi connectivity index (χ1v) is 8.09. The molecule has 0 atom stereocenters. The first-order valence-electron chi connectivity index (χ1n) is 6.89. The number of halogens is 1. The highest BCUT2D eigenvalue weighted by Crippen LogP contribution is 2.22. The van der Waals surface area contributed by atoms with Gasteiger partial charge in [-0.1, -0.05) is 66.3 Å². The van der Waals surface area contributed by atoms with Crippen LogP contribution in [0.5, 0.6) is 0 Å². The number of hydrogen-bond acceptors (Lipinski definition) is 2. The van der Waals surface area contributed by atoms with Crippen LogP contribution in [0.1, 0.15) is 36.5 Å². The van der Waals surface area contributed by atoms with Crippen molar-refractivity contribution in [2.24, 2.45) is 5.73 Å². The molecule has 0 radical (unpaired) electrons. The molecule has 0 aliphatic rings. The molecule has 0 unspecified atom stereocenters. The van der Waals surface area contributed by atoms with Crippen molar-refractivity contribution in [1.82, 2.24) is 0 Å². The lowest BCUT2D eigenvalue weighted by atomic mass is 10.0. The van der Waals surface area contributed by atoms with E-state index in [2.05, 4.69) is 59.4 Å². The van der Waals surface area contributed by atoms with E-state index in [4.69, 9.17) is 18.0 Å². The van der Waals surface area contributed by atoms with Crippen LogP contribution in [0.2, 0.25) is 0 Å². The molecule has 2 rings (SSSR count). The van der Waals surface area contributed by atoms with Crippen LogP contribution in [0.15, 0.2) is 46.9 Å². The smallest absolute Gasteiger partial charge is 0.106 e. The molecule has 2 aromatic rings. The second kappa shape index (κ2) is 7.05. The van der Waals surface area contributed by atoms with Crippen molar-refractivity contribution in [3.05, 3.63) is 63.6 Å². The summed E-state index contributed by atoms with van der Waals surface area (Å²) in [4.78, 5) is 0.403. The van der Waals surface area contributed by atoms with Gasteiger partial charge < -0.3 is 11.1 Å². The normalized spacial score (nSPS) is 10.7. The molecule has 2 nitrogen and oxygen atoms in total. The van der Waals surface area contributed by atoms with Crippen LogP contribution in [-0.4, -0.2) is 4.99 Å². The monoisotopic (exact) mass is 362 g/mol. The topological polar surface area (TPSA) is 38.0 Å². The molecule has 0 amide bonds. The van der Waals surface area contributed by atoms with Gasteiger partial charge in [-0.2, -0.15) is 0 Å². The fraction of sp³-hybridized carbons (Fsp3) is 0.235. The molecule has 0 spiro atoms. The highest BCUT2D eigenvalue weighted by atomic mass is 79.9. The number of benzene rings is 2. The maximum Gasteiger partial charge on any atom is 0.106 e. The highest BCUT2D eigenvalue weighted by molar-refractivity contribution is 9.10. The molecule has 21 heavy (non-hydrogen) atoms. The van der Waals surface area contributed by atoms with E-state index < -0.39 is 0 Å². The minimum Gasteiger partial charge on any atom is -0.389 e. The largest absolute Gasteiger partial charge is 0.389 e. The molecule has 0 aliphatic carbocycles. The average Bonchev–Trinajstić information content (AvgIpc) is 2.45. The predicted octanol–water partition coefficient (Wildman–Crippen LogP) is 4.82. The summed E-state index contributed by atoms with van der Waals surface area (Å²) in [5.74, 6) is 0.554. The van der Waals surface area contributed by atoms with Gasteiger partial charge in [0.25, 0.3) is 0 Å². The SMILES string of the molecule is CC(C)c1ccc(CNc2cc(Br)ccc2C(N)=S)cc1. The number of nitrogens with two attached hydrogens (primary N) is 1. The zero-order chi connectivity index (χ0) is 15.4. The standard InChI is InChI=1S/C17H19BrN2S/c1-11(2)13-5-3-12(4-6-13)10-20-16-9-14(18)7-8-15(16)17(19)21/h3-9,11,20H,10H2,1-2H3,(H2,19,21). The Labute approximate surface area is 139 Å². The van der Waals surface area contributed by atoms with Crippen molar-refractivity contribution in [2.75, 3.05) is 5.32 Å². The molecule has 0 aliphatic heterocycles. The Kier molecular flexibility index (Phi) is 5.37. The summed E-state index contributed by atoms with van der Waals surface area (Å²) >= 11 is 8.56. The fourth-order valence-electron chi connectivity index (χ4n) is 2.10. The molecule has 2 aromatic carbocycles. The molecule has 0 saturated carbocycles. The minimum atomic E-state index is 0.403. The summed E-state index contributed by atoms with van der Waals surface area (Å²) in [5, 5.41) is 3.40. The first kappa shape index (κ1) is 16.0. The Morgan fingerprint density at radius 1 is 1.19 bits per heavy atom. The van der Waals surface area contributed by atoms with Crippen molar-refractivity contribution in [3.63, 3.8) is 0 Å². The molecular weight excluding hydrogens is 344 g/mol. The van der Waals surface area contributed by atoms with Gasteiger partial charge in [0.15, 0.2) is 0 Å². The molecular formula is C17H19BrN2S. The van der Waals surface area contributed by atoms with Gasteiger partial charge in [0.05, 0.1) is 0 Å². The van der Waals surface area contributed by atoms with Crippen LogP contribution in [-0.2, 0) is 6.54 Å². The Balaban J connectivity index is 2.12. The maximum atomic E-state index is 5.76. The van der Waals surface area contributed by atoms with Gasteiger partial charge in [0.1, 0.15) is 4.99 Å². The molecule has 0 saturated heterocycles. The summed E-state index contributed by atoms with van der Waals surface area (Å²) in [6, 6.07) is 14.5. The summed E-state index contributed by atoms with van der Waals surface area (Å²) in [6.45, 7) is 5.14. The number of rotatable bonds is 5. The van der Waals surface area contributed by atoms with Crippen LogP contribution in [0.4, 0.5) is 5.69 Å². The van der Waals surface area contributed by atoms with E-state index >= 15 is 0 Å². The molecule has 3 N–H and O–H groups in total. The van der Waals surface area contributed by atoms with E-state index in [9.17, 15) is 0 Å². The first-order chi connectivity index (χ1) is 9.97. The minimum absolute atomic E-state index is 0.403. The summed E-state index contributed by atoms with van der Waals surface area (Å²) in [5.41, 5.74) is 10.2. The Morgan fingerprint density at radius 3 is 2.43 bits per heavy atom. The van der Waals surface area contributed by atoms with Crippen molar-refractivity contribution in [3.8, 4) is 0 Å². The molecule has 0 bridgehead atoms. The predicted molar refractivity (Wildman–Crippen MR) is 97.9 cm³/mol. The van der Waals surface area contributed by atoms with Gasteiger partial charge in [-0.05, 0) is 35.2 Å². The van der Waals surface area contributed by atoms with Crippen molar-refractivity contribution < 1.29 is 0 Å². The lowest BCUT2D eigenvalue weighted by Gasteiger charge is -2.13. The molecule has 0 heterocycles. The lowest BCUT2D eigenvalue weighted by Crippen LogP contribution is -2.13. The zero-order valence-corrected chi connectivity index (χ0v) is 14.6. The fourth-order valence-corrected chi connectivity index (χ4v) is 2.63. The third-order valence-corrected chi connectivity index (χ3v) is 4.09. The van der Waals surface area contributed by atoms with Crippen molar-refractivity contribution in [2.45, 2.75) is 26.3 Å². The van der Waals surface area contributed by atoms with Gasteiger partial charge in [-0.25, -0.2) is 0 Å². The summed E-state index contributed by atoms with van der Waals surface area (Å²) < 4.78 is 1.00. The van der Waals surface area contributed by atoms with Crippen LogP contribution in [0.3, 0.4) is 0 Å². The number of nitrogens with one attached hydrogen (secondary N) is 1. The van der Waals surface area contributed by atoms with E-state index in [1.54, 1.807) is 0 Å². The number of hydrogen-bond donors (Lipinski definition) is 2. The Bertz CT molecular complexity index is 636. The lowest BCUT2D eigenvalue weighted by molar-refractivity contribution is 0.865. The Hall–Kier alpha value is -1.39. The summed E-state index contributed by atoms with van der Waals surface area (Å²) in [6.07, 6.45) is 0. The quantitative estimate of drug-likeness (QED) is 0.748. The third-order valence-electron chi connectivity index (χ3n) is 3.38. The van der Waals surface area contributed by atoms with Gasteiger partial charge in [0.2, 0.25) is 0 Å². The van der Waals surface area contributed by atoms with Crippen LogP contribution in [0, 0.1) is 0 Å². The molecule has 0 fully saturated rings. The second-order valence-corrected chi connectivity index (χ2v) is 6.66. The van der Waals surface area contributed by atoms with Crippen LogP contribution in [0.25, 0.3) is 0 Å². The van der Waals surface area contributed by atoms with Gasteiger partial charge >= 0.3 is 0 Å². The van der Waals surface area contributed by atoms with Crippen LogP contribution >= 0.6 is 28.1 Å². The zero-order valence-electron chi connectivity index (χ0n) is 12.2. The molecule has 110 valence electrons. The third kappa shape index (κ3) is 4.29. The second-order valence-electron chi connectivity index (χ2n) is 5.30. The highest BCUT2D eigenvalue weighted by Gasteiger charge is 2.06. The summed E-state index contributed by atoms with van der Waals surface area (Å²) in [7, 11) is 0. The van der Waals surface area contributed by atoms with Gasteiger partial charge in [0, 0.05) is 22.3 Å². The van der Waals surface area contributed by atoms with Crippen molar-refractivity contribution in [1.29, 1.82) is 0 Å². The molecule has 0 aromatic heterocycles. The average molecular weight is 363 g/mol. The van der Waals surface area contributed by atoms with Crippen molar-refractivity contribution >= 4 is 38.8 Å². The van der Waals surface area contributed by atoms with E-state index in [1.807, 2.05) is 18.2 Å².